The van der Waals surface area contributed by atoms with Gasteiger partial charge in [-0.05, 0) is 76.9 Å². The van der Waals surface area contributed by atoms with E-state index < -0.39 is 0 Å². The van der Waals surface area contributed by atoms with Gasteiger partial charge in [-0.15, -0.1) is 0 Å². The maximum Gasteiger partial charge on any atom is 0.164 e. The van der Waals surface area contributed by atoms with Crippen molar-refractivity contribution >= 4 is 43.7 Å². The van der Waals surface area contributed by atoms with Crippen molar-refractivity contribution in [2.45, 2.75) is 0 Å². The summed E-state index contributed by atoms with van der Waals surface area (Å²) in [6.07, 6.45) is 0. The van der Waals surface area contributed by atoms with Gasteiger partial charge in [0.05, 0.1) is 11.0 Å². The van der Waals surface area contributed by atoms with Gasteiger partial charge in [-0.25, -0.2) is 15.0 Å². The van der Waals surface area contributed by atoms with Gasteiger partial charge in [0.1, 0.15) is 11.2 Å². The molecule has 0 N–H and O–H groups in total. The van der Waals surface area contributed by atoms with Crippen LogP contribution in [0.4, 0.5) is 0 Å². The quantitative estimate of drug-likeness (QED) is 0.172. The second kappa shape index (κ2) is 13.0. The molecule has 0 spiro atoms. The molecule has 5 heteroatoms. The van der Waals surface area contributed by atoms with Gasteiger partial charge in [-0.3, -0.25) is 0 Å². The number of benzene rings is 8. The Morgan fingerprint density at radius 3 is 1.48 bits per heavy atom. The van der Waals surface area contributed by atoms with Crippen LogP contribution in [0.5, 0.6) is 0 Å². The molecule has 11 rings (SSSR count). The smallest absolute Gasteiger partial charge is 0.164 e. The highest BCUT2D eigenvalue weighted by Gasteiger charge is 2.16. The van der Waals surface area contributed by atoms with Crippen LogP contribution in [-0.4, -0.2) is 19.5 Å². The van der Waals surface area contributed by atoms with Gasteiger partial charge in [0.2, 0.25) is 0 Å². The summed E-state index contributed by atoms with van der Waals surface area (Å²) in [5.41, 5.74) is 12.6. The second-order valence-electron chi connectivity index (χ2n) is 14.1. The largest absolute Gasteiger partial charge is 0.456 e. The molecule has 0 radical (unpaired) electrons. The Kier molecular flexibility index (Phi) is 7.42. The number of para-hydroxylation sites is 1. The third kappa shape index (κ3) is 5.45. The molecule has 0 aliphatic rings. The van der Waals surface area contributed by atoms with Crippen LogP contribution in [0.15, 0.2) is 199 Å². The maximum absolute atomic E-state index is 6.45. The first kappa shape index (κ1) is 31.9. The zero-order chi connectivity index (χ0) is 37.0. The Bertz CT molecular complexity index is 3160. The average molecular weight is 717 g/mol. The van der Waals surface area contributed by atoms with Crippen molar-refractivity contribution < 1.29 is 4.42 Å². The van der Waals surface area contributed by atoms with Gasteiger partial charge in [0, 0.05) is 43.9 Å². The van der Waals surface area contributed by atoms with E-state index in [1.807, 2.05) is 66.7 Å². The topological polar surface area (TPSA) is 56.7 Å². The van der Waals surface area contributed by atoms with Crippen molar-refractivity contribution in [2.24, 2.45) is 0 Å². The standard InChI is InChI=1S/C51H32N4O/c1-4-12-33(13-5-1)37-23-28-46-43(30-37)41-18-10-11-19-45(41)55(46)40-25-20-34(21-26-40)38-24-29-47-44(31-38)42-27-22-39(32-48(42)56-47)51-53-49(35-14-6-2-7-15-35)52-50(54-51)36-16-8-3-9-17-36/h1-32H. The number of aromatic nitrogens is 4. The van der Waals surface area contributed by atoms with Gasteiger partial charge in [-0.2, -0.15) is 0 Å². The molecular formula is C51H32N4O. The number of furan rings is 1. The van der Waals surface area contributed by atoms with Gasteiger partial charge in [-0.1, -0.05) is 140 Å². The zero-order valence-corrected chi connectivity index (χ0v) is 30.2. The Morgan fingerprint density at radius 1 is 0.304 bits per heavy atom. The molecule has 0 amide bonds. The molecule has 0 saturated carbocycles. The Balaban J connectivity index is 0.952. The van der Waals surface area contributed by atoms with Crippen molar-refractivity contribution in [3.63, 3.8) is 0 Å². The summed E-state index contributed by atoms with van der Waals surface area (Å²) >= 11 is 0. The minimum Gasteiger partial charge on any atom is -0.456 e. The Labute approximate surface area is 322 Å². The number of rotatable bonds is 6. The SMILES string of the molecule is c1ccc(-c2ccc3c(c2)c2ccccc2n3-c2ccc(-c3ccc4oc5cc(-c6nc(-c7ccccc7)nc(-c7ccccc7)n6)ccc5c4c3)cc2)cc1. The zero-order valence-electron chi connectivity index (χ0n) is 30.2. The predicted molar refractivity (Wildman–Crippen MR) is 229 cm³/mol. The number of hydrogen-bond acceptors (Lipinski definition) is 4. The van der Waals surface area contributed by atoms with Crippen LogP contribution in [0, 0.1) is 0 Å². The number of hydrogen-bond donors (Lipinski definition) is 0. The maximum atomic E-state index is 6.45. The first-order valence-electron chi connectivity index (χ1n) is 18.8. The van der Waals surface area contributed by atoms with E-state index in [2.05, 4.69) is 132 Å². The summed E-state index contributed by atoms with van der Waals surface area (Å²) in [6.45, 7) is 0. The Hall–Kier alpha value is -7.63. The lowest BCUT2D eigenvalue weighted by molar-refractivity contribution is 0.669. The van der Waals surface area contributed by atoms with Crippen LogP contribution in [0.1, 0.15) is 0 Å². The van der Waals surface area contributed by atoms with E-state index in [4.69, 9.17) is 19.4 Å². The van der Waals surface area contributed by atoms with Crippen LogP contribution < -0.4 is 0 Å². The molecule has 3 aromatic heterocycles. The molecule has 0 aliphatic heterocycles. The highest BCUT2D eigenvalue weighted by molar-refractivity contribution is 6.11. The van der Waals surface area contributed by atoms with Crippen molar-refractivity contribution in [3.05, 3.63) is 194 Å². The minimum atomic E-state index is 0.598. The normalized spacial score (nSPS) is 11.6. The van der Waals surface area contributed by atoms with Crippen molar-refractivity contribution in [3.8, 4) is 62.1 Å². The first-order valence-corrected chi connectivity index (χ1v) is 18.8. The molecule has 0 unspecified atom stereocenters. The minimum absolute atomic E-state index is 0.598. The predicted octanol–water partition coefficient (Wildman–Crippen LogP) is 13.2. The number of fused-ring (bicyclic) bond motifs is 6. The van der Waals surface area contributed by atoms with Crippen LogP contribution in [-0.2, 0) is 0 Å². The third-order valence-electron chi connectivity index (χ3n) is 10.7. The average Bonchev–Trinajstić information content (AvgIpc) is 3.82. The monoisotopic (exact) mass is 716 g/mol. The summed E-state index contributed by atoms with van der Waals surface area (Å²) in [5, 5.41) is 4.60. The lowest BCUT2D eigenvalue weighted by atomic mass is 10.0. The van der Waals surface area contributed by atoms with E-state index in [0.717, 1.165) is 55.4 Å². The molecule has 0 fully saturated rings. The van der Waals surface area contributed by atoms with Crippen LogP contribution in [0.25, 0.3) is 106 Å². The molecule has 0 atom stereocenters. The fraction of sp³-hybridized carbons (Fsp3) is 0. The summed E-state index contributed by atoms with van der Waals surface area (Å²) in [4.78, 5) is 14.7. The van der Waals surface area contributed by atoms with Crippen molar-refractivity contribution in [2.75, 3.05) is 0 Å². The molecule has 0 bridgehead atoms. The summed E-state index contributed by atoms with van der Waals surface area (Å²) in [7, 11) is 0. The fourth-order valence-corrected chi connectivity index (χ4v) is 7.90. The van der Waals surface area contributed by atoms with E-state index in [0.29, 0.717) is 17.5 Å². The summed E-state index contributed by atoms with van der Waals surface area (Å²) in [6, 6.07) is 67.6. The molecule has 11 aromatic rings. The van der Waals surface area contributed by atoms with E-state index in [1.54, 1.807) is 0 Å². The van der Waals surface area contributed by atoms with Gasteiger partial charge < -0.3 is 8.98 Å². The van der Waals surface area contributed by atoms with E-state index >= 15 is 0 Å². The highest BCUT2D eigenvalue weighted by Crippen LogP contribution is 2.38. The molecule has 56 heavy (non-hydrogen) atoms. The van der Waals surface area contributed by atoms with Crippen LogP contribution in [0.3, 0.4) is 0 Å². The number of nitrogens with zero attached hydrogens (tertiary/aromatic N) is 4. The first-order chi connectivity index (χ1) is 27.7. The lowest BCUT2D eigenvalue weighted by Gasteiger charge is -2.10. The summed E-state index contributed by atoms with van der Waals surface area (Å²) < 4.78 is 8.81. The lowest BCUT2D eigenvalue weighted by Crippen LogP contribution is -2.00. The second-order valence-corrected chi connectivity index (χ2v) is 14.1. The Morgan fingerprint density at radius 2 is 0.804 bits per heavy atom. The van der Waals surface area contributed by atoms with E-state index in [9.17, 15) is 0 Å². The van der Waals surface area contributed by atoms with Gasteiger partial charge in [0.25, 0.3) is 0 Å². The van der Waals surface area contributed by atoms with Gasteiger partial charge in [0.15, 0.2) is 17.5 Å². The third-order valence-corrected chi connectivity index (χ3v) is 10.7. The van der Waals surface area contributed by atoms with E-state index in [1.165, 1.54) is 32.9 Å². The van der Waals surface area contributed by atoms with Crippen molar-refractivity contribution in [1.29, 1.82) is 0 Å². The molecule has 0 saturated heterocycles. The van der Waals surface area contributed by atoms with E-state index in [-0.39, 0.29) is 0 Å². The molecule has 262 valence electrons. The molecule has 3 heterocycles. The molecule has 5 nitrogen and oxygen atoms in total. The van der Waals surface area contributed by atoms with Crippen LogP contribution >= 0.6 is 0 Å². The van der Waals surface area contributed by atoms with Crippen molar-refractivity contribution in [1.82, 2.24) is 19.5 Å². The molecule has 8 aromatic carbocycles. The van der Waals surface area contributed by atoms with Gasteiger partial charge >= 0.3 is 0 Å². The molecular weight excluding hydrogens is 685 g/mol. The summed E-state index contributed by atoms with van der Waals surface area (Å²) in [5.74, 6) is 1.86. The molecule has 0 aliphatic carbocycles. The highest BCUT2D eigenvalue weighted by atomic mass is 16.3. The van der Waals surface area contributed by atoms with Crippen LogP contribution in [0.2, 0.25) is 0 Å². The fourth-order valence-electron chi connectivity index (χ4n) is 7.90.